The summed E-state index contributed by atoms with van der Waals surface area (Å²) in [6, 6.07) is 16.3. The summed E-state index contributed by atoms with van der Waals surface area (Å²) in [7, 11) is -2.42. The van der Waals surface area contributed by atoms with Gasteiger partial charge < -0.3 is 14.6 Å². The number of benzene rings is 2. The van der Waals surface area contributed by atoms with Crippen molar-refractivity contribution in [2.75, 3.05) is 13.7 Å². The first-order chi connectivity index (χ1) is 13.9. The minimum absolute atomic E-state index is 0.0937. The highest BCUT2D eigenvalue weighted by atomic mass is 32.2. The van der Waals surface area contributed by atoms with Crippen molar-refractivity contribution in [2.45, 2.75) is 47.7 Å². The molecule has 1 aliphatic heterocycles. The first-order valence-corrected chi connectivity index (χ1v) is 11.8. The van der Waals surface area contributed by atoms with Gasteiger partial charge in [0.25, 0.3) is 10.1 Å². The van der Waals surface area contributed by atoms with Crippen LogP contribution in [0.25, 0.3) is 0 Å². The summed E-state index contributed by atoms with van der Waals surface area (Å²) in [5.41, 5.74) is 2.08. The highest BCUT2D eigenvalue weighted by Crippen LogP contribution is 2.33. The highest BCUT2D eigenvalue weighted by Gasteiger charge is 2.39. The molecule has 0 saturated carbocycles. The molecule has 158 valence electrons. The van der Waals surface area contributed by atoms with Crippen molar-refractivity contribution in [3.05, 3.63) is 65.7 Å². The van der Waals surface area contributed by atoms with Crippen molar-refractivity contribution in [3.8, 4) is 0 Å². The number of aryl methyl sites for hydroxylation is 1. The Bertz CT molecular complexity index is 870. The monoisotopic (exact) mass is 438 g/mol. The maximum absolute atomic E-state index is 12.5. The number of hydrogen-bond acceptors (Lipinski definition) is 7. The zero-order valence-corrected chi connectivity index (χ0v) is 18.1. The number of methoxy groups -OCH3 is 1. The van der Waals surface area contributed by atoms with Crippen LogP contribution >= 0.6 is 11.8 Å². The molecule has 1 saturated heterocycles. The summed E-state index contributed by atoms with van der Waals surface area (Å²) in [6.07, 6.45) is -1.60. The maximum Gasteiger partial charge on any atom is 0.297 e. The molecule has 4 atom stereocenters. The van der Waals surface area contributed by atoms with Gasteiger partial charge in [0.15, 0.2) is 6.29 Å². The molecule has 6 nitrogen and oxygen atoms in total. The SMILES string of the molecule is CO[C@@H]1C[C@H](O)[C@H](SCc2ccccc2)[C@@H](COS(=O)(=O)c2ccc(C)cc2)O1. The third-order valence-electron chi connectivity index (χ3n) is 4.75. The van der Waals surface area contributed by atoms with Crippen molar-refractivity contribution in [3.63, 3.8) is 0 Å². The average Bonchev–Trinajstić information content (AvgIpc) is 2.72. The first-order valence-electron chi connectivity index (χ1n) is 9.37. The molecule has 1 aliphatic rings. The molecule has 2 aromatic rings. The lowest BCUT2D eigenvalue weighted by atomic mass is 10.1. The second-order valence-electron chi connectivity index (χ2n) is 6.96. The van der Waals surface area contributed by atoms with Crippen molar-refractivity contribution >= 4 is 21.9 Å². The second-order valence-corrected chi connectivity index (χ2v) is 9.74. The molecule has 8 heteroatoms. The van der Waals surface area contributed by atoms with E-state index in [1.807, 2.05) is 37.3 Å². The number of aliphatic hydroxyl groups is 1. The van der Waals surface area contributed by atoms with E-state index in [2.05, 4.69) is 0 Å². The van der Waals surface area contributed by atoms with Gasteiger partial charge in [0.2, 0.25) is 0 Å². The molecule has 0 bridgehead atoms. The lowest BCUT2D eigenvalue weighted by molar-refractivity contribution is -0.205. The van der Waals surface area contributed by atoms with Crippen LogP contribution in [0.15, 0.2) is 59.5 Å². The molecular formula is C21H26O6S2. The Kier molecular flexibility index (Phi) is 7.72. The molecule has 0 amide bonds. The van der Waals surface area contributed by atoms with E-state index in [0.29, 0.717) is 12.2 Å². The van der Waals surface area contributed by atoms with Gasteiger partial charge in [-0.15, -0.1) is 11.8 Å². The summed E-state index contributed by atoms with van der Waals surface area (Å²) < 4.78 is 41.4. The second kappa shape index (κ2) is 10.1. The van der Waals surface area contributed by atoms with Gasteiger partial charge in [0.05, 0.1) is 29.0 Å². The molecule has 0 aromatic heterocycles. The molecule has 1 N–H and O–H groups in total. The van der Waals surface area contributed by atoms with Crippen LogP contribution in [0, 0.1) is 6.92 Å². The van der Waals surface area contributed by atoms with Gasteiger partial charge in [0, 0.05) is 19.3 Å². The standard InChI is InChI=1S/C21H26O6S2/c1-15-8-10-17(11-9-15)29(23,24)26-13-19-21(18(22)12-20(25-2)27-19)28-14-16-6-4-3-5-7-16/h3-11,18-22H,12-14H2,1-2H3/t18-,19+,20-,21-/m0/s1. The number of ether oxygens (including phenoxy) is 2. The average molecular weight is 439 g/mol. The molecule has 2 aromatic carbocycles. The van der Waals surface area contributed by atoms with Crippen molar-refractivity contribution < 1.29 is 27.2 Å². The minimum atomic E-state index is -3.92. The van der Waals surface area contributed by atoms with E-state index in [0.717, 1.165) is 11.1 Å². The highest BCUT2D eigenvalue weighted by molar-refractivity contribution is 7.99. The predicted molar refractivity (Wildman–Crippen MR) is 112 cm³/mol. The first kappa shape index (κ1) is 22.3. The van der Waals surface area contributed by atoms with E-state index >= 15 is 0 Å². The Morgan fingerprint density at radius 2 is 1.83 bits per heavy atom. The molecule has 29 heavy (non-hydrogen) atoms. The predicted octanol–water partition coefficient (Wildman–Crippen LogP) is 3.12. The Labute approximate surface area is 176 Å². The van der Waals surface area contributed by atoms with E-state index in [1.165, 1.54) is 31.0 Å². The Morgan fingerprint density at radius 1 is 1.14 bits per heavy atom. The van der Waals surface area contributed by atoms with Crippen molar-refractivity contribution in [1.82, 2.24) is 0 Å². The van der Waals surface area contributed by atoms with Crippen LogP contribution in [0.5, 0.6) is 0 Å². The largest absolute Gasteiger partial charge is 0.392 e. The lowest BCUT2D eigenvalue weighted by Crippen LogP contribution is -2.49. The quantitative estimate of drug-likeness (QED) is 0.634. The van der Waals surface area contributed by atoms with Crippen LogP contribution in [0.4, 0.5) is 0 Å². The van der Waals surface area contributed by atoms with Gasteiger partial charge in [0.1, 0.15) is 0 Å². The molecule has 1 fully saturated rings. The Morgan fingerprint density at radius 3 is 2.48 bits per heavy atom. The molecule has 0 aliphatic carbocycles. The molecule has 0 unspecified atom stereocenters. The summed E-state index contributed by atoms with van der Waals surface area (Å²) in [5.74, 6) is 0.671. The lowest BCUT2D eigenvalue weighted by Gasteiger charge is -2.38. The van der Waals surface area contributed by atoms with E-state index < -0.39 is 28.6 Å². The number of rotatable bonds is 8. The summed E-state index contributed by atoms with van der Waals surface area (Å²) in [6.45, 7) is 1.69. The van der Waals surface area contributed by atoms with Crippen LogP contribution in [0.2, 0.25) is 0 Å². The fraction of sp³-hybridized carbons (Fsp3) is 0.429. The molecule has 3 rings (SSSR count). The van der Waals surface area contributed by atoms with Crippen LogP contribution in [0.1, 0.15) is 17.5 Å². The zero-order chi connectivity index (χ0) is 20.9. The summed E-state index contributed by atoms with van der Waals surface area (Å²) in [5, 5.41) is 10.3. The van der Waals surface area contributed by atoms with E-state index in [4.69, 9.17) is 13.7 Å². The van der Waals surface area contributed by atoms with Crippen LogP contribution in [0.3, 0.4) is 0 Å². The van der Waals surface area contributed by atoms with Crippen LogP contribution < -0.4 is 0 Å². The van der Waals surface area contributed by atoms with Gasteiger partial charge in [-0.1, -0.05) is 48.0 Å². The summed E-state index contributed by atoms with van der Waals surface area (Å²) >= 11 is 1.52. The Hall–Kier alpha value is -1.42. The van der Waals surface area contributed by atoms with Gasteiger partial charge >= 0.3 is 0 Å². The number of aliphatic hydroxyl groups excluding tert-OH is 1. The third kappa shape index (κ3) is 6.04. The molecule has 0 spiro atoms. The molecule has 0 radical (unpaired) electrons. The maximum atomic E-state index is 12.5. The van der Waals surface area contributed by atoms with Gasteiger partial charge in [-0.05, 0) is 24.6 Å². The van der Waals surface area contributed by atoms with Crippen molar-refractivity contribution in [2.24, 2.45) is 0 Å². The number of thioether (sulfide) groups is 1. The van der Waals surface area contributed by atoms with E-state index in [-0.39, 0.29) is 16.8 Å². The van der Waals surface area contributed by atoms with Gasteiger partial charge in [-0.25, -0.2) is 0 Å². The minimum Gasteiger partial charge on any atom is -0.392 e. The van der Waals surface area contributed by atoms with E-state index in [9.17, 15) is 13.5 Å². The normalized spacial score (nSPS) is 25.1. The molecule has 1 heterocycles. The molecular weight excluding hydrogens is 412 g/mol. The zero-order valence-electron chi connectivity index (χ0n) is 16.4. The number of hydrogen-bond donors (Lipinski definition) is 1. The van der Waals surface area contributed by atoms with Crippen LogP contribution in [-0.2, 0) is 29.5 Å². The van der Waals surface area contributed by atoms with Crippen molar-refractivity contribution in [1.29, 1.82) is 0 Å². The van der Waals surface area contributed by atoms with Gasteiger partial charge in [-0.2, -0.15) is 8.42 Å². The van der Waals surface area contributed by atoms with Gasteiger partial charge in [-0.3, -0.25) is 4.18 Å². The Balaban J connectivity index is 1.69. The fourth-order valence-electron chi connectivity index (χ4n) is 3.11. The van der Waals surface area contributed by atoms with Crippen LogP contribution in [-0.4, -0.2) is 51.0 Å². The third-order valence-corrected chi connectivity index (χ3v) is 7.55. The topological polar surface area (TPSA) is 82.1 Å². The fourth-order valence-corrected chi connectivity index (χ4v) is 5.29. The summed E-state index contributed by atoms with van der Waals surface area (Å²) in [4.78, 5) is 0.0937. The van der Waals surface area contributed by atoms with E-state index in [1.54, 1.807) is 12.1 Å². The smallest absolute Gasteiger partial charge is 0.297 e.